The lowest BCUT2D eigenvalue weighted by Gasteiger charge is -2.22. The predicted molar refractivity (Wildman–Crippen MR) is 86.0 cm³/mol. The van der Waals surface area contributed by atoms with Crippen molar-refractivity contribution in [2.24, 2.45) is 0 Å². The fourth-order valence-electron chi connectivity index (χ4n) is 2.48. The van der Waals surface area contributed by atoms with Crippen molar-refractivity contribution in [2.75, 3.05) is 14.2 Å². The Bertz CT molecular complexity index is 569. The molecule has 0 radical (unpaired) electrons. The number of hydrogen-bond donors (Lipinski definition) is 1. The van der Waals surface area contributed by atoms with Crippen molar-refractivity contribution in [1.29, 1.82) is 0 Å². The van der Waals surface area contributed by atoms with Crippen LogP contribution in [0.25, 0.3) is 0 Å². The topological polar surface area (TPSA) is 30.5 Å². The summed E-state index contributed by atoms with van der Waals surface area (Å²) in [6.07, 6.45) is 0. The van der Waals surface area contributed by atoms with Gasteiger partial charge in [0.15, 0.2) is 0 Å². The van der Waals surface area contributed by atoms with E-state index in [9.17, 15) is 0 Å². The second kappa shape index (κ2) is 7.14. The molecule has 0 heterocycles. The first kappa shape index (κ1) is 15.4. The molecule has 0 amide bonds. The Balaban J connectivity index is 2.18. The lowest BCUT2D eigenvalue weighted by Crippen LogP contribution is -2.22. The van der Waals surface area contributed by atoms with Crippen molar-refractivity contribution in [3.63, 3.8) is 0 Å². The molecule has 2 atom stereocenters. The second-order valence-corrected chi connectivity index (χ2v) is 5.13. The Labute approximate surface area is 126 Å². The van der Waals surface area contributed by atoms with Gasteiger partial charge >= 0.3 is 0 Å². The summed E-state index contributed by atoms with van der Waals surface area (Å²) in [5, 5.41) is 3.60. The monoisotopic (exact) mass is 285 g/mol. The van der Waals surface area contributed by atoms with Gasteiger partial charge in [-0.05, 0) is 37.6 Å². The van der Waals surface area contributed by atoms with Crippen molar-refractivity contribution in [3.05, 3.63) is 59.7 Å². The van der Waals surface area contributed by atoms with E-state index in [4.69, 9.17) is 9.47 Å². The van der Waals surface area contributed by atoms with Crippen LogP contribution in [0.1, 0.15) is 37.1 Å². The first-order valence-corrected chi connectivity index (χ1v) is 7.18. The zero-order valence-electron chi connectivity index (χ0n) is 13.1. The summed E-state index contributed by atoms with van der Waals surface area (Å²) in [5.41, 5.74) is 2.37. The van der Waals surface area contributed by atoms with Crippen LogP contribution in [0, 0.1) is 0 Å². The number of benzene rings is 2. The molecule has 3 heteroatoms. The zero-order chi connectivity index (χ0) is 15.2. The van der Waals surface area contributed by atoms with Gasteiger partial charge in [0.1, 0.15) is 11.5 Å². The van der Waals surface area contributed by atoms with Crippen molar-refractivity contribution in [2.45, 2.75) is 25.9 Å². The van der Waals surface area contributed by atoms with E-state index in [1.807, 2.05) is 24.3 Å². The molecule has 0 spiro atoms. The van der Waals surface area contributed by atoms with E-state index in [2.05, 4.69) is 43.4 Å². The minimum Gasteiger partial charge on any atom is -0.497 e. The van der Waals surface area contributed by atoms with E-state index in [0.717, 1.165) is 17.1 Å². The van der Waals surface area contributed by atoms with Gasteiger partial charge in [-0.2, -0.15) is 0 Å². The number of rotatable bonds is 6. The van der Waals surface area contributed by atoms with E-state index in [0.29, 0.717) is 0 Å². The molecule has 0 bridgehead atoms. The molecule has 2 rings (SSSR count). The maximum atomic E-state index is 5.46. The molecule has 0 unspecified atom stereocenters. The fraction of sp³-hybridized carbons (Fsp3) is 0.333. The van der Waals surface area contributed by atoms with Gasteiger partial charge in [-0.15, -0.1) is 0 Å². The molecule has 1 N–H and O–H groups in total. The highest BCUT2D eigenvalue weighted by atomic mass is 16.5. The van der Waals surface area contributed by atoms with E-state index in [1.165, 1.54) is 5.56 Å². The Hall–Kier alpha value is -2.00. The summed E-state index contributed by atoms with van der Waals surface area (Å²) >= 11 is 0. The highest BCUT2D eigenvalue weighted by molar-refractivity contribution is 5.42. The second-order valence-electron chi connectivity index (χ2n) is 5.13. The highest BCUT2D eigenvalue weighted by Gasteiger charge is 2.15. The van der Waals surface area contributed by atoms with Gasteiger partial charge in [-0.3, -0.25) is 0 Å². The molecular weight excluding hydrogens is 262 g/mol. The number of nitrogens with one attached hydrogen (secondary N) is 1. The van der Waals surface area contributed by atoms with Crippen LogP contribution < -0.4 is 14.8 Å². The van der Waals surface area contributed by atoms with Gasteiger partial charge in [-0.25, -0.2) is 0 Å². The molecule has 112 valence electrons. The van der Waals surface area contributed by atoms with E-state index in [1.54, 1.807) is 14.2 Å². The number of methoxy groups -OCH3 is 2. The average molecular weight is 285 g/mol. The van der Waals surface area contributed by atoms with Crippen molar-refractivity contribution >= 4 is 0 Å². The van der Waals surface area contributed by atoms with Crippen LogP contribution in [-0.4, -0.2) is 14.2 Å². The summed E-state index contributed by atoms with van der Waals surface area (Å²) < 4.78 is 10.8. The Morgan fingerprint density at radius 1 is 0.857 bits per heavy atom. The Kier molecular flexibility index (Phi) is 5.23. The standard InChI is InChI=1S/C18H23NO2/c1-13(15-8-6-5-7-9-15)19-14(2)17-12-16(20-3)10-11-18(17)21-4/h5-14,19H,1-4H3/t13-,14+/m1/s1. The molecule has 0 aliphatic heterocycles. The molecule has 0 saturated carbocycles. The van der Waals surface area contributed by atoms with Crippen LogP contribution in [0.4, 0.5) is 0 Å². The van der Waals surface area contributed by atoms with Crippen molar-refractivity contribution in [3.8, 4) is 11.5 Å². The van der Waals surface area contributed by atoms with Crippen LogP contribution in [-0.2, 0) is 0 Å². The van der Waals surface area contributed by atoms with Crippen LogP contribution >= 0.6 is 0 Å². The van der Waals surface area contributed by atoms with Gasteiger partial charge in [0.05, 0.1) is 14.2 Å². The smallest absolute Gasteiger partial charge is 0.123 e. The average Bonchev–Trinajstić information content (AvgIpc) is 2.54. The first-order chi connectivity index (χ1) is 10.2. The zero-order valence-corrected chi connectivity index (χ0v) is 13.1. The predicted octanol–water partition coefficient (Wildman–Crippen LogP) is 4.12. The fourth-order valence-corrected chi connectivity index (χ4v) is 2.48. The molecule has 0 saturated heterocycles. The van der Waals surface area contributed by atoms with Gasteiger partial charge in [-0.1, -0.05) is 30.3 Å². The van der Waals surface area contributed by atoms with E-state index < -0.39 is 0 Å². The molecule has 21 heavy (non-hydrogen) atoms. The van der Waals surface area contributed by atoms with Crippen LogP contribution in [0.15, 0.2) is 48.5 Å². The third-order valence-electron chi connectivity index (χ3n) is 3.70. The van der Waals surface area contributed by atoms with Gasteiger partial charge in [0.25, 0.3) is 0 Å². The van der Waals surface area contributed by atoms with Gasteiger partial charge in [0, 0.05) is 17.6 Å². The number of ether oxygens (including phenoxy) is 2. The van der Waals surface area contributed by atoms with E-state index >= 15 is 0 Å². The third-order valence-corrected chi connectivity index (χ3v) is 3.70. The summed E-state index contributed by atoms with van der Waals surface area (Å²) in [5.74, 6) is 1.71. The minimum atomic E-state index is 0.158. The Morgan fingerprint density at radius 2 is 1.57 bits per heavy atom. The van der Waals surface area contributed by atoms with Crippen LogP contribution in [0.3, 0.4) is 0 Å². The molecule has 0 aliphatic carbocycles. The quantitative estimate of drug-likeness (QED) is 0.866. The SMILES string of the molecule is COc1ccc(OC)c([C@H](C)N[C@H](C)c2ccccc2)c1. The van der Waals surface area contributed by atoms with Gasteiger partial charge in [0.2, 0.25) is 0 Å². The summed E-state index contributed by atoms with van der Waals surface area (Å²) in [6.45, 7) is 4.30. The molecular formula is C18H23NO2. The molecule has 2 aromatic carbocycles. The molecule has 3 nitrogen and oxygen atoms in total. The lowest BCUT2D eigenvalue weighted by molar-refractivity contribution is 0.387. The third kappa shape index (κ3) is 3.76. The Morgan fingerprint density at radius 3 is 2.19 bits per heavy atom. The molecule has 0 aromatic heterocycles. The van der Waals surface area contributed by atoms with E-state index in [-0.39, 0.29) is 12.1 Å². The largest absolute Gasteiger partial charge is 0.497 e. The first-order valence-electron chi connectivity index (χ1n) is 7.18. The summed E-state index contributed by atoms with van der Waals surface area (Å²) in [4.78, 5) is 0. The summed E-state index contributed by atoms with van der Waals surface area (Å²) in [6, 6.07) is 16.7. The molecule has 0 aliphatic rings. The molecule has 0 fully saturated rings. The van der Waals surface area contributed by atoms with Crippen molar-refractivity contribution < 1.29 is 9.47 Å². The van der Waals surface area contributed by atoms with Crippen LogP contribution in [0.5, 0.6) is 11.5 Å². The van der Waals surface area contributed by atoms with Crippen LogP contribution in [0.2, 0.25) is 0 Å². The normalized spacial score (nSPS) is 13.5. The lowest BCUT2D eigenvalue weighted by atomic mass is 10.0. The van der Waals surface area contributed by atoms with Gasteiger partial charge < -0.3 is 14.8 Å². The minimum absolute atomic E-state index is 0.158. The maximum absolute atomic E-state index is 5.46. The maximum Gasteiger partial charge on any atom is 0.123 e. The van der Waals surface area contributed by atoms with Crippen molar-refractivity contribution in [1.82, 2.24) is 5.32 Å². The highest BCUT2D eigenvalue weighted by Crippen LogP contribution is 2.30. The summed E-state index contributed by atoms with van der Waals surface area (Å²) in [7, 11) is 3.37. The number of hydrogen-bond acceptors (Lipinski definition) is 3. The molecule has 2 aromatic rings.